The lowest BCUT2D eigenvalue weighted by molar-refractivity contribution is -0.142. The summed E-state index contributed by atoms with van der Waals surface area (Å²) >= 11 is 0. The summed E-state index contributed by atoms with van der Waals surface area (Å²) in [5.74, 6) is 0.140. The lowest BCUT2D eigenvalue weighted by atomic mass is 10.1. The van der Waals surface area contributed by atoms with Crippen molar-refractivity contribution in [2.75, 3.05) is 6.79 Å². The Balaban J connectivity index is 1.84. The van der Waals surface area contributed by atoms with Gasteiger partial charge in [-0.15, -0.1) is 0 Å². The van der Waals surface area contributed by atoms with Gasteiger partial charge in [-0.05, 0) is 30.5 Å². The van der Waals surface area contributed by atoms with Crippen LogP contribution in [0, 0.1) is 0 Å². The molecule has 2 rings (SSSR count). The fourth-order valence-corrected chi connectivity index (χ4v) is 2.17. The minimum absolute atomic E-state index is 0.219. The quantitative estimate of drug-likeness (QED) is 0.799. The Bertz CT molecular complexity index is 529. The molecule has 0 unspecified atom stereocenters. The van der Waals surface area contributed by atoms with E-state index in [1.54, 1.807) is 0 Å². The van der Waals surface area contributed by atoms with Crippen LogP contribution in [0.5, 0.6) is 11.5 Å². The summed E-state index contributed by atoms with van der Waals surface area (Å²) in [5, 5.41) is 11.5. The van der Waals surface area contributed by atoms with Crippen LogP contribution in [0.4, 0.5) is 0 Å². The van der Waals surface area contributed by atoms with E-state index in [-0.39, 0.29) is 19.1 Å². The van der Waals surface area contributed by atoms with Crippen molar-refractivity contribution in [1.29, 1.82) is 0 Å². The molecule has 0 bridgehead atoms. The van der Waals surface area contributed by atoms with Crippen molar-refractivity contribution in [1.82, 2.24) is 5.32 Å². The summed E-state index contributed by atoms with van der Waals surface area (Å²) in [5.41, 5.74) is 0.955. The molecule has 1 aliphatic rings. The van der Waals surface area contributed by atoms with Crippen LogP contribution < -0.4 is 14.8 Å². The number of nitrogens with one attached hydrogen (secondary N) is 1. The molecule has 0 spiro atoms. The van der Waals surface area contributed by atoms with Gasteiger partial charge in [0.15, 0.2) is 11.5 Å². The molecule has 1 aromatic rings. The highest BCUT2D eigenvalue weighted by Crippen LogP contribution is 2.32. The van der Waals surface area contributed by atoms with Gasteiger partial charge in [-0.25, -0.2) is 4.79 Å². The third-order valence-electron chi connectivity index (χ3n) is 3.29. The maximum atomic E-state index is 11.8. The standard InChI is InChI=1S/C15H19NO5/c1-2-3-11(15(18)19)16-14(17)7-5-10-4-6-12-13(8-10)21-9-20-12/h4,6,8,11H,2-3,5,7,9H2,1H3,(H,16,17)(H,18,19)/t11-/m1/s1. The SMILES string of the molecule is CCC[C@@H](NC(=O)CCc1ccc2c(c1)OCO2)C(=O)O. The zero-order valence-corrected chi connectivity index (χ0v) is 11.9. The summed E-state index contributed by atoms with van der Waals surface area (Å²) in [4.78, 5) is 22.8. The molecule has 1 atom stereocenters. The summed E-state index contributed by atoms with van der Waals surface area (Å²) in [7, 11) is 0. The van der Waals surface area contributed by atoms with Gasteiger partial charge in [0.05, 0.1) is 0 Å². The molecular weight excluding hydrogens is 274 g/mol. The number of fused-ring (bicyclic) bond motifs is 1. The topological polar surface area (TPSA) is 84.9 Å². The Kier molecular flexibility index (Phi) is 5.03. The van der Waals surface area contributed by atoms with E-state index >= 15 is 0 Å². The van der Waals surface area contributed by atoms with Crippen molar-refractivity contribution in [3.8, 4) is 11.5 Å². The summed E-state index contributed by atoms with van der Waals surface area (Å²) in [6, 6.07) is 4.73. The third kappa shape index (κ3) is 4.11. The van der Waals surface area contributed by atoms with Crippen molar-refractivity contribution in [2.24, 2.45) is 0 Å². The minimum atomic E-state index is -0.992. The Morgan fingerprint density at radius 1 is 1.33 bits per heavy atom. The molecule has 0 aromatic heterocycles. The highest BCUT2D eigenvalue weighted by molar-refractivity contribution is 5.83. The molecule has 0 radical (unpaired) electrons. The second-order valence-corrected chi connectivity index (χ2v) is 4.93. The van der Waals surface area contributed by atoms with Gasteiger partial charge >= 0.3 is 5.97 Å². The van der Waals surface area contributed by atoms with Crippen LogP contribution in [0.3, 0.4) is 0 Å². The predicted molar refractivity (Wildman–Crippen MR) is 75.4 cm³/mol. The zero-order valence-electron chi connectivity index (χ0n) is 11.9. The Labute approximate surface area is 123 Å². The highest BCUT2D eigenvalue weighted by atomic mass is 16.7. The van der Waals surface area contributed by atoms with E-state index in [0.717, 1.165) is 5.56 Å². The smallest absolute Gasteiger partial charge is 0.326 e. The highest BCUT2D eigenvalue weighted by Gasteiger charge is 2.19. The van der Waals surface area contributed by atoms with Gasteiger partial charge in [0.2, 0.25) is 12.7 Å². The Morgan fingerprint density at radius 3 is 2.81 bits per heavy atom. The Hall–Kier alpha value is -2.24. The normalized spacial score (nSPS) is 13.8. The fourth-order valence-electron chi connectivity index (χ4n) is 2.17. The molecule has 0 saturated carbocycles. The van der Waals surface area contributed by atoms with Crippen LogP contribution in [0.25, 0.3) is 0 Å². The van der Waals surface area contributed by atoms with E-state index in [1.807, 2.05) is 25.1 Å². The monoisotopic (exact) mass is 293 g/mol. The second-order valence-electron chi connectivity index (χ2n) is 4.93. The largest absolute Gasteiger partial charge is 0.480 e. The number of hydrogen-bond acceptors (Lipinski definition) is 4. The number of hydrogen-bond donors (Lipinski definition) is 2. The van der Waals surface area contributed by atoms with Gasteiger partial charge in [0, 0.05) is 6.42 Å². The van der Waals surface area contributed by atoms with Gasteiger partial charge in [-0.1, -0.05) is 19.4 Å². The van der Waals surface area contributed by atoms with Gasteiger partial charge in [0.25, 0.3) is 0 Å². The molecule has 0 saturated heterocycles. The number of aliphatic carboxylic acids is 1. The van der Waals surface area contributed by atoms with Gasteiger partial charge in [-0.2, -0.15) is 0 Å². The molecule has 6 heteroatoms. The van der Waals surface area contributed by atoms with Crippen LogP contribution >= 0.6 is 0 Å². The van der Waals surface area contributed by atoms with E-state index in [0.29, 0.717) is 30.8 Å². The van der Waals surface area contributed by atoms with Crippen molar-refractivity contribution in [3.05, 3.63) is 23.8 Å². The number of carboxylic acids is 1. The molecule has 1 heterocycles. The average molecular weight is 293 g/mol. The van der Waals surface area contributed by atoms with Gasteiger partial charge in [-0.3, -0.25) is 4.79 Å². The fraction of sp³-hybridized carbons (Fsp3) is 0.467. The average Bonchev–Trinajstić information content (AvgIpc) is 2.92. The van der Waals surface area contributed by atoms with Crippen LogP contribution in [0.15, 0.2) is 18.2 Å². The van der Waals surface area contributed by atoms with Crippen LogP contribution in [0.1, 0.15) is 31.7 Å². The molecule has 114 valence electrons. The predicted octanol–water partition coefficient (Wildman–Crippen LogP) is 1.72. The first-order valence-corrected chi connectivity index (χ1v) is 7.01. The number of carbonyl (C=O) groups is 2. The molecular formula is C15H19NO5. The van der Waals surface area contributed by atoms with Crippen molar-refractivity contribution in [3.63, 3.8) is 0 Å². The first-order chi connectivity index (χ1) is 10.1. The van der Waals surface area contributed by atoms with Gasteiger partial charge in [0.1, 0.15) is 6.04 Å². The van der Waals surface area contributed by atoms with Crippen molar-refractivity contribution in [2.45, 2.75) is 38.6 Å². The minimum Gasteiger partial charge on any atom is -0.480 e. The van der Waals surface area contributed by atoms with E-state index in [4.69, 9.17) is 14.6 Å². The number of benzene rings is 1. The van der Waals surface area contributed by atoms with E-state index < -0.39 is 12.0 Å². The summed E-state index contributed by atoms with van der Waals surface area (Å²) < 4.78 is 10.5. The molecule has 1 aromatic carbocycles. The zero-order chi connectivity index (χ0) is 15.2. The summed E-state index contributed by atoms with van der Waals surface area (Å²) in [6.45, 7) is 2.10. The van der Waals surface area contributed by atoms with Crippen LogP contribution in [0.2, 0.25) is 0 Å². The number of carbonyl (C=O) groups excluding carboxylic acids is 1. The molecule has 6 nitrogen and oxygen atoms in total. The third-order valence-corrected chi connectivity index (χ3v) is 3.29. The molecule has 1 amide bonds. The molecule has 1 aliphatic heterocycles. The lowest BCUT2D eigenvalue weighted by Crippen LogP contribution is -2.40. The van der Waals surface area contributed by atoms with Crippen molar-refractivity contribution < 1.29 is 24.2 Å². The van der Waals surface area contributed by atoms with Gasteiger partial charge < -0.3 is 19.9 Å². The van der Waals surface area contributed by atoms with E-state index in [9.17, 15) is 9.59 Å². The summed E-state index contributed by atoms with van der Waals surface area (Å²) in [6.07, 6.45) is 1.92. The first-order valence-electron chi connectivity index (χ1n) is 7.01. The molecule has 0 aliphatic carbocycles. The molecule has 0 fully saturated rings. The first kappa shape index (κ1) is 15.2. The molecule has 21 heavy (non-hydrogen) atoms. The second kappa shape index (κ2) is 6.97. The maximum absolute atomic E-state index is 11.8. The van der Waals surface area contributed by atoms with E-state index in [2.05, 4.69) is 5.32 Å². The number of aryl methyl sites for hydroxylation is 1. The lowest BCUT2D eigenvalue weighted by Gasteiger charge is -2.13. The van der Waals surface area contributed by atoms with Crippen molar-refractivity contribution >= 4 is 11.9 Å². The molecule has 2 N–H and O–H groups in total. The van der Waals surface area contributed by atoms with E-state index in [1.165, 1.54) is 0 Å². The number of amides is 1. The maximum Gasteiger partial charge on any atom is 0.326 e. The van der Waals surface area contributed by atoms with Crippen LogP contribution in [-0.4, -0.2) is 29.8 Å². The Morgan fingerprint density at radius 2 is 2.10 bits per heavy atom. The number of ether oxygens (including phenoxy) is 2. The number of rotatable bonds is 7. The van der Waals surface area contributed by atoms with Crippen LogP contribution in [-0.2, 0) is 16.0 Å². The number of carboxylic acid groups (broad SMARTS) is 1.